The minimum atomic E-state index is -4.38. The molecule has 14 heavy (non-hydrogen) atoms. The molecule has 0 unspecified atom stereocenters. The lowest BCUT2D eigenvalue weighted by molar-refractivity contribution is -0.114. The smallest absolute Gasteiger partial charge is 0.238 e. The molecule has 0 aromatic heterocycles. The van der Waals surface area contributed by atoms with E-state index in [4.69, 9.17) is 10.6 Å². The molecule has 5 nitrogen and oxygen atoms in total. The molecular formula is C8H10N2O3S. The van der Waals surface area contributed by atoms with Crippen LogP contribution in [0.15, 0.2) is 29.1 Å². The molecule has 6 heteroatoms. The second kappa shape index (κ2) is 3.77. The highest BCUT2D eigenvalue weighted by atomic mass is 32.2. The van der Waals surface area contributed by atoms with E-state index in [0.29, 0.717) is 0 Å². The van der Waals surface area contributed by atoms with E-state index in [1.807, 2.05) is 0 Å². The van der Waals surface area contributed by atoms with Gasteiger partial charge in [0, 0.05) is 12.6 Å². The summed E-state index contributed by atoms with van der Waals surface area (Å²) in [5.41, 5.74) is -0.384. The third-order valence-corrected chi connectivity index (χ3v) is 1.96. The van der Waals surface area contributed by atoms with Crippen LogP contribution in [-0.2, 0) is 14.8 Å². The largest absolute Gasteiger partial charge is 0.326 e. The average molecular weight is 218 g/mol. The zero-order chi connectivity index (χ0) is 14.2. The molecule has 0 aliphatic heterocycles. The summed E-state index contributed by atoms with van der Waals surface area (Å²) < 4.78 is 52.4. The van der Waals surface area contributed by atoms with Crippen molar-refractivity contribution in [3.05, 3.63) is 24.2 Å². The lowest BCUT2D eigenvalue weighted by Gasteiger charge is -2.02. The molecule has 1 aromatic carbocycles. The van der Waals surface area contributed by atoms with Gasteiger partial charge in [0.1, 0.15) is 0 Å². The van der Waals surface area contributed by atoms with Gasteiger partial charge in [-0.2, -0.15) is 0 Å². The summed E-state index contributed by atoms with van der Waals surface area (Å²) in [6.07, 6.45) is 0. The summed E-state index contributed by atoms with van der Waals surface area (Å²) >= 11 is 0. The zero-order valence-corrected chi connectivity index (χ0v) is 8.03. The van der Waals surface area contributed by atoms with Gasteiger partial charge < -0.3 is 5.32 Å². The lowest BCUT2D eigenvalue weighted by atomic mass is 10.3. The van der Waals surface area contributed by atoms with Crippen LogP contribution in [-0.4, -0.2) is 14.3 Å². The van der Waals surface area contributed by atoms with Gasteiger partial charge >= 0.3 is 0 Å². The molecule has 1 rings (SSSR count). The monoisotopic (exact) mass is 218 g/mol. The van der Waals surface area contributed by atoms with Crippen LogP contribution >= 0.6 is 0 Å². The molecule has 1 amide bonds. The van der Waals surface area contributed by atoms with Crippen molar-refractivity contribution >= 4 is 21.6 Å². The molecule has 0 saturated carbocycles. The number of hydrogen-bond donors (Lipinski definition) is 2. The van der Waals surface area contributed by atoms with Crippen LogP contribution in [0.5, 0.6) is 0 Å². The van der Waals surface area contributed by atoms with Gasteiger partial charge in [0.25, 0.3) is 0 Å². The summed E-state index contributed by atoms with van der Waals surface area (Å²) in [5.74, 6) is -0.598. The number of carbonyl (C=O) groups is 1. The third-order valence-electron chi connectivity index (χ3n) is 1.19. The van der Waals surface area contributed by atoms with E-state index in [1.54, 1.807) is 0 Å². The van der Waals surface area contributed by atoms with Gasteiger partial charge in [-0.3, -0.25) is 4.79 Å². The number of anilines is 1. The molecule has 3 N–H and O–H groups in total. The first-order valence-electron chi connectivity index (χ1n) is 5.48. The topological polar surface area (TPSA) is 89.3 Å². The summed E-state index contributed by atoms with van der Waals surface area (Å²) in [4.78, 5) is 9.98. The van der Waals surface area contributed by atoms with E-state index < -0.39 is 45.0 Å². The minimum Gasteiger partial charge on any atom is -0.326 e. The van der Waals surface area contributed by atoms with Gasteiger partial charge in [-0.15, -0.1) is 0 Å². The van der Waals surface area contributed by atoms with Crippen LogP contribution in [0, 0.1) is 0 Å². The Hall–Kier alpha value is -1.40. The predicted octanol–water partition coefficient (Wildman–Crippen LogP) is 0.292. The molecule has 1 aromatic rings. The summed E-state index contributed by atoms with van der Waals surface area (Å²) in [7, 11) is -4.38. The Balaban J connectivity index is 3.72. The molecule has 0 fully saturated rings. The summed E-state index contributed by atoms with van der Waals surface area (Å²) in [5, 5.41) is 6.94. The van der Waals surface area contributed by atoms with E-state index in [2.05, 4.69) is 5.32 Å². The van der Waals surface area contributed by atoms with Crippen molar-refractivity contribution < 1.29 is 18.7 Å². The zero-order valence-electron chi connectivity index (χ0n) is 11.2. The fraction of sp³-hybridized carbons (Fsp3) is 0.125. The molecule has 0 atom stereocenters. The Bertz CT molecular complexity index is 601. The van der Waals surface area contributed by atoms with Crippen LogP contribution < -0.4 is 10.5 Å². The highest BCUT2D eigenvalue weighted by Gasteiger charge is 2.06. The van der Waals surface area contributed by atoms with Gasteiger partial charge in [0.05, 0.1) is 10.4 Å². The number of nitrogens with two attached hydrogens (primary N) is 1. The van der Waals surface area contributed by atoms with Gasteiger partial charge in [-0.25, -0.2) is 13.6 Å². The molecule has 0 aliphatic carbocycles. The quantitative estimate of drug-likeness (QED) is 0.747. The van der Waals surface area contributed by atoms with Gasteiger partial charge in [-0.1, -0.05) is 0 Å². The Labute approximate surface area is 87.6 Å². The maximum atomic E-state index is 11.2. The predicted molar refractivity (Wildman–Crippen MR) is 52.1 cm³/mol. The second-order valence-electron chi connectivity index (χ2n) is 2.43. The number of amides is 1. The first kappa shape index (κ1) is 6.15. The molecule has 0 radical (unpaired) electrons. The van der Waals surface area contributed by atoms with Crippen molar-refractivity contribution in [2.45, 2.75) is 11.8 Å². The molecule has 0 bridgehead atoms. The highest BCUT2D eigenvalue weighted by Crippen LogP contribution is 2.12. The minimum absolute atomic E-state index is 0.384. The Morgan fingerprint density at radius 3 is 2.29 bits per heavy atom. The van der Waals surface area contributed by atoms with Gasteiger partial charge in [0.15, 0.2) is 0 Å². The van der Waals surface area contributed by atoms with E-state index in [1.165, 1.54) is 0 Å². The SMILES string of the molecule is [2H]c1c([2H])c(S(N)(=O)=O)c([2H])c([2H])c1NC(C)=O. The standard InChI is InChI=1S/C8H10N2O3S/c1-6(11)10-7-2-4-8(5-3-7)14(9,12)13/h2-5H,1H3,(H,10,11)(H2,9,12,13)/i2D,3D,4D,5D. The fourth-order valence-corrected chi connectivity index (χ4v) is 1.07. The number of sulfonamides is 1. The first-order chi connectivity index (χ1) is 8.07. The van der Waals surface area contributed by atoms with Gasteiger partial charge in [0.2, 0.25) is 15.9 Å². The highest BCUT2D eigenvalue weighted by molar-refractivity contribution is 7.89. The molecule has 0 aliphatic rings. The first-order valence-corrected chi connectivity index (χ1v) is 5.02. The van der Waals surface area contributed by atoms with Crippen LogP contribution in [0.25, 0.3) is 0 Å². The van der Waals surface area contributed by atoms with E-state index in [0.717, 1.165) is 6.92 Å². The van der Waals surface area contributed by atoms with E-state index in [9.17, 15) is 13.2 Å². The van der Waals surface area contributed by atoms with Crippen molar-refractivity contribution in [1.29, 1.82) is 0 Å². The number of rotatable bonds is 2. The molecule has 0 spiro atoms. The van der Waals surface area contributed by atoms with Crippen LogP contribution in [0.4, 0.5) is 5.69 Å². The van der Waals surface area contributed by atoms with Crippen molar-refractivity contribution in [3.8, 4) is 0 Å². The van der Waals surface area contributed by atoms with Crippen molar-refractivity contribution in [2.24, 2.45) is 5.14 Å². The lowest BCUT2D eigenvalue weighted by Crippen LogP contribution is -2.12. The molecular weight excluding hydrogens is 204 g/mol. The van der Waals surface area contributed by atoms with Crippen LogP contribution in [0.1, 0.15) is 12.4 Å². The number of primary sulfonamides is 1. The normalized spacial score (nSPS) is 15.0. The number of carbonyl (C=O) groups excluding carboxylic acids is 1. The Kier molecular flexibility index (Phi) is 1.66. The molecule has 76 valence electrons. The number of hydrogen-bond acceptors (Lipinski definition) is 3. The summed E-state index contributed by atoms with van der Waals surface area (Å²) in [6.45, 7) is 1.12. The molecule has 0 heterocycles. The second-order valence-corrected chi connectivity index (χ2v) is 3.93. The van der Waals surface area contributed by atoms with E-state index >= 15 is 0 Å². The van der Waals surface area contributed by atoms with Crippen molar-refractivity contribution in [2.75, 3.05) is 5.32 Å². The third kappa shape index (κ3) is 2.82. The fourth-order valence-electron chi connectivity index (χ4n) is 0.682. The van der Waals surface area contributed by atoms with E-state index in [-0.39, 0.29) is 5.69 Å². The maximum absolute atomic E-state index is 11.2. The van der Waals surface area contributed by atoms with Gasteiger partial charge in [-0.05, 0) is 24.2 Å². The average Bonchev–Trinajstić information content (AvgIpc) is 2.19. The maximum Gasteiger partial charge on any atom is 0.238 e. The number of nitrogens with one attached hydrogen (secondary N) is 1. The van der Waals surface area contributed by atoms with Crippen molar-refractivity contribution in [3.63, 3.8) is 0 Å². The molecule has 0 saturated heterocycles. The Morgan fingerprint density at radius 2 is 1.93 bits per heavy atom. The van der Waals surface area contributed by atoms with Crippen LogP contribution in [0.2, 0.25) is 0 Å². The van der Waals surface area contributed by atoms with Crippen molar-refractivity contribution in [1.82, 2.24) is 0 Å². The van der Waals surface area contributed by atoms with Crippen LogP contribution in [0.3, 0.4) is 0 Å². The number of benzene rings is 1. The summed E-state index contributed by atoms with van der Waals surface area (Å²) in [6, 6.07) is -2.98. The Morgan fingerprint density at radius 1 is 1.43 bits per heavy atom.